The highest BCUT2D eigenvalue weighted by Gasteiger charge is 2.37. The predicted octanol–water partition coefficient (Wildman–Crippen LogP) is 3.97. The first-order chi connectivity index (χ1) is 16.8. The molecule has 0 bridgehead atoms. The van der Waals surface area contributed by atoms with Gasteiger partial charge in [-0.25, -0.2) is 19.3 Å². The second kappa shape index (κ2) is 7.04. The Labute approximate surface area is 191 Å². The van der Waals surface area contributed by atoms with Gasteiger partial charge < -0.3 is 9.15 Å². The number of fused-ring (bicyclic) bond motifs is 6. The smallest absolute Gasteiger partial charge is 0.344 e. The molecule has 0 saturated heterocycles. The third-order valence-electron chi connectivity index (χ3n) is 5.92. The molecular formula is C25H14N6O3. The predicted molar refractivity (Wildman–Crippen MR) is 122 cm³/mol. The molecule has 1 aliphatic heterocycles. The Bertz CT molecular complexity index is 1760. The van der Waals surface area contributed by atoms with Crippen molar-refractivity contribution in [2.75, 3.05) is 0 Å². The first-order valence-corrected chi connectivity index (χ1v) is 10.6. The molecule has 34 heavy (non-hydrogen) atoms. The molecule has 1 aromatic carbocycles. The molecule has 0 aliphatic carbocycles. The maximum atomic E-state index is 13.3. The number of ether oxygens (including phenoxy) is 1. The SMILES string of the molecule is O=c1oc2ccccc2c2c1C(c1cccnc1)c1c(ncn3nc(-c4ccncc4)nc13)O2. The van der Waals surface area contributed by atoms with E-state index >= 15 is 0 Å². The number of hydrogen-bond donors (Lipinski definition) is 0. The lowest BCUT2D eigenvalue weighted by Crippen LogP contribution is -2.22. The molecule has 0 amide bonds. The number of pyridine rings is 2. The third kappa shape index (κ3) is 2.67. The molecular weight excluding hydrogens is 432 g/mol. The normalized spacial score (nSPS) is 14.5. The Morgan fingerprint density at radius 3 is 2.65 bits per heavy atom. The molecule has 0 fully saturated rings. The van der Waals surface area contributed by atoms with Crippen molar-refractivity contribution in [1.29, 1.82) is 0 Å². The molecule has 162 valence electrons. The lowest BCUT2D eigenvalue weighted by Gasteiger charge is -2.27. The van der Waals surface area contributed by atoms with E-state index in [1.54, 1.807) is 41.7 Å². The molecule has 1 aliphatic rings. The van der Waals surface area contributed by atoms with Gasteiger partial charge in [0, 0.05) is 30.4 Å². The van der Waals surface area contributed by atoms with Crippen molar-refractivity contribution in [3.63, 3.8) is 0 Å². The van der Waals surface area contributed by atoms with Gasteiger partial charge in [-0.15, -0.1) is 5.10 Å². The van der Waals surface area contributed by atoms with Crippen molar-refractivity contribution in [3.05, 3.63) is 107 Å². The summed E-state index contributed by atoms with van der Waals surface area (Å²) in [5, 5.41) is 5.28. The van der Waals surface area contributed by atoms with Gasteiger partial charge in [0.05, 0.1) is 22.4 Å². The van der Waals surface area contributed by atoms with Crippen molar-refractivity contribution in [1.82, 2.24) is 29.5 Å². The highest BCUT2D eigenvalue weighted by Crippen LogP contribution is 2.48. The standard InChI is InChI=1S/C25H14N6O3/c32-25-19-18(15-4-3-9-27-12-15)20-23-29-22(14-7-10-26-11-8-14)30-31(23)13-28-24(20)34-21(19)16-5-1-2-6-17(16)33-25/h1-13,18H. The van der Waals surface area contributed by atoms with Crippen LogP contribution in [0.15, 0.2) is 88.9 Å². The molecule has 9 heteroatoms. The number of nitrogens with zero attached hydrogens (tertiary/aromatic N) is 6. The fourth-order valence-corrected chi connectivity index (χ4v) is 4.43. The Hall–Kier alpha value is -4.92. The minimum Gasteiger partial charge on any atom is -0.437 e. The number of aromatic nitrogens is 6. The first-order valence-electron chi connectivity index (χ1n) is 10.6. The zero-order valence-electron chi connectivity index (χ0n) is 17.5. The van der Waals surface area contributed by atoms with E-state index in [0.29, 0.717) is 45.2 Å². The van der Waals surface area contributed by atoms with Gasteiger partial charge in [0.15, 0.2) is 17.2 Å². The van der Waals surface area contributed by atoms with Gasteiger partial charge >= 0.3 is 5.63 Å². The van der Waals surface area contributed by atoms with Crippen LogP contribution < -0.4 is 10.4 Å². The van der Waals surface area contributed by atoms with Gasteiger partial charge in [0.1, 0.15) is 11.9 Å². The van der Waals surface area contributed by atoms with E-state index in [4.69, 9.17) is 14.1 Å². The van der Waals surface area contributed by atoms with Crippen LogP contribution in [0.2, 0.25) is 0 Å². The number of hydrogen-bond acceptors (Lipinski definition) is 8. The Kier molecular flexibility index (Phi) is 3.86. The average Bonchev–Trinajstić information content (AvgIpc) is 3.33. The van der Waals surface area contributed by atoms with Crippen LogP contribution in [0.25, 0.3) is 28.0 Å². The van der Waals surface area contributed by atoms with Gasteiger partial charge in [-0.05, 0) is 35.9 Å². The maximum absolute atomic E-state index is 13.3. The summed E-state index contributed by atoms with van der Waals surface area (Å²) < 4.78 is 13.5. The minimum absolute atomic E-state index is 0.360. The van der Waals surface area contributed by atoms with Crippen molar-refractivity contribution < 1.29 is 9.15 Å². The molecule has 5 aromatic heterocycles. The largest absolute Gasteiger partial charge is 0.437 e. The third-order valence-corrected chi connectivity index (χ3v) is 5.92. The van der Waals surface area contributed by atoms with E-state index in [2.05, 4.69) is 20.1 Å². The van der Waals surface area contributed by atoms with Crippen LogP contribution in [0, 0.1) is 0 Å². The molecule has 0 spiro atoms. The molecule has 1 atom stereocenters. The fourth-order valence-electron chi connectivity index (χ4n) is 4.43. The van der Waals surface area contributed by atoms with Gasteiger partial charge in [0.2, 0.25) is 5.88 Å². The van der Waals surface area contributed by atoms with Crippen LogP contribution in [0.4, 0.5) is 0 Å². The second-order valence-electron chi connectivity index (χ2n) is 7.85. The Morgan fingerprint density at radius 2 is 1.79 bits per heavy atom. The number of benzene rings is 1. The second-order valence-corrected chi connectivity index (χ2v) is 7.85. The van der Waals surface area contributed by atoms with Crippen LogP contribution in [0.1, 0.15) is 22.6 Å². The summed E-state index contributed by atoms with van der Waals surface area (Å²) in [5.41, 5.74) is 3.10. The van der Waals surface area contributed by atoms with Crippen molar-refractivity contribution in [2.45, 2.75) is 5.92 Å². The summed E-state index contributed by atoms with van der Waals surface area (Å²) in [6.07, 6.45) is 8.34. The van der Waals surface area contributed by atoms with E-state index in [9.17, 15) is 4.79 Å². The molecule has 0 N–H and O–H groups in total. The van der Waals surface area contributed by atoms with E-state index in [0.717, 1.165) is 11.1 Å². The van der Waals surface area contributed by atoms with Crippen molar-refractivity contribution in [3.8, 4) is 23.0 Å². The minimum atomic E-state index is -0.556. The van der Waals surface area contributed by atoms with Crippen LogP contribution in [-0.4, -0.2) is 29.5 Å². The quantitative estimate of drug-likeness (QED) is 0.367. The summed E-state index contributed by atoms with van der Waals surface area (Å²) in [6, 6.07) is 14.7. The number of para-hydroxylation sites is 1. The zero-order valence-corrected chi connectivity index (χ0v) is 17.5. The van der Waals surface area contributed by atoms with Gasteiger partial charge in [-0.1, -0.05) is 18.2 Å². The zero-order chi connectivity index (χ0) is 22.6. The molecule has 6 aromatic rings. The molecule has 0 radical (unpaired) electrons. The van der Waals surface area contributed by atoms with Crippen LogP contribution in [0.5, 0.6) is 11.6 Å². The summed E-state index contributed by atoms with van der Waals surface area (Å²) in [6.45, 7) is 0. The molecule has 6 heterocycles. The highest BCUT2D eigenvalue weighted by atomic mass is 16.5. The molecule has 7 rings (SSSR count). The number of rotatable bonds is 2. The molecule has 0 saturated carbocycles. The molecule has 1 unspecified atom stereocenters. The summed E-state index contributed by atoms with van der Waals surface area (Å²) in [7, 11) is 0. The average molecular weight is 446 g/mol. The van der Waals surface area contributed by atoms with E-state index in [1.807, 2.05) is 42.5 Å². The first kappa shape index (κ1) is 18.6. The Balaban J connectivity index is 1.56. The molecule has 9 nitrogen and oxygen atoms in total. The van der Waals surface area contributed by atoms with Gasteiger partial charge in [-0.3, -0.25) is 9.97 Å². The van der Waals surface area contributed by atoms with Gasteiger partial charge in [-0.2, -0.15) is 0 Å². The lowest BCUT2D eigenvalue weighted by atomic mass is 9.85. The highest BCUT2D eigenvalue weighted by molar-refractivity contribution is 5.86. The summed E-state index contributed by atoms with van der Waals surface area (Å²) in [4.78, 5) is 31.0. The summed E-state index contributed by atoms with van der Waals surface area (Å²) in [5.74, 6) is 0.745. The van der Waals surface area contributed by atoms with Crippen LogP contribution in [0.3, 0.4) is 0 Å². The van der Waals surface area contributed by atoms with Crippen LogP contribution >= 0.6 is 0 Å². The maximum Gasteiger partial charge on any atom is 0.344 e. The van der Waals surface area contributed by atoms with E-state index in [1.165, 1.54) is 0 Å². The topological polar surface area (TPSA) is 108 Å². The summed E-state index contributed by atoms with van der Waals surface area (Å²) >= 11 is 0. The Morgan fingerprint density at radius 1 is 0.912 bits per heavy atom. The van der Waals surface area contributed by atoms with Crippen molar-refractivity contribution >= 4 is 16.6 Å². The lowest BCUT2D eigenvalue weighted by molar-refractivity contribution is 0.422. The van der Waals surface area contributed by atoms with E-state index < -0.39 is 11.5 Å². The van der Waals surface area contributed by atoms with Crippen LogP contribution in [-0.2, 0) is 0 Å². The fraction of sp³-hybridized carbons (Fsp3) is 0.0400. The van der Waals surface area contributed by atoms with E-state index in [-0.39, 0.29) is 0 Å². The monoisotopic (exact) mass is 446 g/mol. The van der Waals surface area contributed by atoms with Crippen molar-refractivity contribution in [2.24, 2.45) is 0 Å². The van der Waals surface area contributed by atoms with Gasteiger partial charge in [0.25, 0.3) is 0 Å².